The molecule has 9 heteroatoms. The Morgan fingerprint density at radius 2 is 2.18 bits per heavy atom. The molecular weight excluding hydrogens is 360 g/mol. The number of nitriles is 1. The average Bonchev–Trinajstić information content (AvgIpc) is 3.14. The second-order valence-electron chi connectivity index (χ2n) is 7.68. The molecule has 0 aliphatic carbocycles. The van der Waals surface area contributed by atoms with Gasteiger partial charge in [-0.2, -0.15) is 10.2 Å². The molecule has 0 saturated carbocycles. The molecule has 28 heavy (non-hydrogen) atoms. The third-order valence-corrected chi connectivity index (χ3v) is 4.29. The molecule has 0 bridgehead atoms. The summed E-state index contributed by atoms with van der Waals surface area (Å²) in [4.78, 5) is 22.1. The SMILES string of the molecule is CC(C)(C)OC(=O)N1CCC(NCc2noc(-c3ccnc(C#N)c3)n2)CC1. The van der Waals surface area contributed by atoms with Gasteiger partial charge in [0, 0.05) is 30.9 Å². The maximum Gasteiger partial charge on any atom is 0.410 e. The molecule has 9 nitrogen and oxygen atoms in total. The van der Waals surface area contributed by atoms with E-state index in [1.165, 1.54) is 6.20 Å². The Morgan fingerprint density at radius 3 is 2.86 bits per heavy atom. The fraction of sp³-hybridized carbons (Fsp3) is 0.526. The van der Waals surface area contributed by atoms with Crippen molar-refractivity contribution >= 4 is 6.09 Å². The number of aromatic nitrogens is 3. The largest absolute Gasteiger partial charge is 0.444 e. The van der Waals surface area contributed by atoms with Crippen LogP contribution in [0.25, 0.3) is 11.5 Å². The highest BCUT2D eigenvalue weighted by Gasteiger charge is 2.26. The number of nitrogens with zero attached hydrogens (tertiary/aromatic N) is 5. The number of nitrogens with one attached hydrogen (secondary N) is 1. The lowest BCUT2D eigenvalue weighted by Crippen LogP contribution is -2.46. The molecule has 0 spiro atoms. The highest BCUT2D eigenvalue weighted by atomic mass is 16.6. The summed E-state index contributed by atoms with van der Waals surface area (Å²) in [5.74, 6) is 0.898. The number of pyridine rings is 1. The summed E-state index contributed by atoms with van der Waals surface area (Å²) in [6, 6.07) is 5.58. The first kappa shape index (κ1) is 19.8. The first-order chi connectivity index (χ1) is 13.3. The van der Waals surface area contributed by atoms with Crippen LogP contribution in [0.15, 0.2) is 22.9 Å². The number of ether oxygens (including phenoxy) is 1. The monoisotopic (exact) mass is 384 g/mol. The number of hydrogen-bond donors (Lipinski definition) is 1. The van der Waals surface area contributed by atoms with Crippen molar-refractivity contribution in [3.63, 3.8) is 0 Å². The topological polar surface area (TPSA) is 117 Å². The molecule has 1 saturated heterocycles. The molecule has 0 aromatic carbocycles. The molecular formula is C19H24N6O3. The second-order valence-corrected chi connectivity index (χ2v) is 7.68. The van der Waals surface area contributed by atoms with Crippen LogP contribution in [0.5, 0.6) is 0 Å². The highest BCUT2D eigenvalue weighted by Crippen LogP contribution is 2.18. The maximum atomic E-state index is 12.1. The third kappa shape index (κ3) is 5.27. The third-order valence-electron chi connectivity index (χ3n) is 4.29. The Bertz CT molecular complexity index is 859. The van der Waals surface area contributed by atoms with E-state index in [0.717, 1.165) is 12.8 Å². The van der Waals surface area contributed by atoms with Gasteiger partial charge in [0.2, 0.25) is 0 Å². The summed E-state index contributed by atoms with van der Waals surface area (Å²) >= 11 is 0. The minimum atomic E-state index is -0.481. The van der Waals surface area contributed by atoms with Crippen molar-refractivity contribution in [2.24, 2.45) is 0 Å². The van der Waals surface area contributed by atoms with Crippen LogP contribution >= 0.6 is 0 Å². The Hall–Kier alpha value is -2.99. The lowest BCUT2D eigenvalue weighted by molar-refractivity contribution is 0.0198. The van der Waals surface area contributed by atoms with Crippen LogP contribution < -0.4 is 5.32 Å². The molecule has 0 atom stereocenters. The van der Waals surface area contributed by atoms with E-state index in [-0.39, 0.29) is 12.1 Å². The lowest BCUT2D eigenvalue weighted by Gasteiger charge is -2.33. The normalized spacial score (nSPS) is 15.3. The van der Waals surface area contributed by atoms with E-state index in [4.69, 9.17) is 14.5 Å². The van der Waals surface area contributed by atoms with Crippen molar-refractivity contribution in [3.05, 3.63) is 29.8 Å². The number of carbonyl (C=O) groups is 1. The van der Waals surface area contributed by atoms with Crippen molar-refractivity contribution in [2.75, 3.05) is 13.1 Å². The summed E-state index contributed by atoms with van der Waals surface area (Å²) in [6.07, 6.45) is 2.94. The highest BCUT2D eigenvalue weighted by molar-refractivity contribution is 5.68. The zero-order valence-electron chi connectivity index (χ0n) is 16.3. The van der Waals surface area contributed by atoms with E-state index in [0.29, 0.717) is 42.6 Å². The van der Waals surface area contributed by atoms with Gasteiger partial charge in [0.15, 0.2) is 5.82 Å². The number of rotatable bonds is 4. The summed E-state index contributed by atoms with van der Waals surface area (Å²) < 4.78 is 10.7. The zero-order valence-corrected chi connectivity index (χ0v) is 16.3. The molecule has 1 N–H and O–H groups in total. The second kappa shape index (κ2) is 8.35. The van der Waals surface area contributed by atoms with Crippen molar-refractivity contribution in [3.8, 4) is 17.5 Å². The van der Waals surface area contributed by atoms with E-state index in [1.54, 1.807) is 17.0 Å². The number of amides is 1. The molecule has 2 aromatic rings. The van der Waals surface area contributed by atoms with Crippen LogP contribution in [0.3, 0.4) is 0 Å². The molecule has 0 radical (unpaired) electrons. The predicted molar refractivity (Wildman–Crippen MR) is 99.9 cm³/mol. The molecule has 1 aliphatic rings. The van der Waals surface area contributed by atoms with E-state index in [9.17, 15) is 4.79 Å². The molecule has 1 fully saturated rings. The van der Waals surface area contributed by atoms with Crippen LogP contribution in [0.4, 0.5) is 4.79 Å². The fourth-order valence-corrected chi connectivity index (χ4v) is 2.90. The summed E-state index contributed by atoms with van der Waals surface area (Å²) in [5, 5.41) is 16.3. The first-order valence-corrected chi connectivity index (χ1v) is 9.24. The van der Waals surface area contributed by atoms with Gasteiger partial charge in [0.1, 0.15) is 17.4 Å². The van der Waals surface area contributed by atoms with Crippen molar-refractivity contribution < 1.29 is 14.1 Å². The molecule has 148 valence electrons. The summed E-state index contributed by atoms with van der Waals surface area (Å²) in [6.45, 7) is 7.37. The van der Waals surface area contributed by atoms with Gasteiger partial charge in [-0.1, -0.05) is 5.16 Å². The zero-order chi connectivity index (χ0) is 20.1. The Kier molecular flexibility index (Phi) is 5.90. The summed E-state index contributed by atoms with van der Waals surface area (Å²) in [7, 11) is 0. The van der Waals surface area contributed by atoms with Crippen molar-refractivity contribution in [2.45, 2.75) is 51.8 Å². The molecule has 3 rings (SSSR count). The van der Waals surface area contributed by atoms with Crippen LogP contribution in [0.2, 0.25) is 0 Å². The standard InChI is InChI=1S/C19H24N6O3/c1-19(2,3)27-18(26)25-8-5-14(6-9-25)22-12-16-23-17(28-24-16)13-4-7-21-15(10-13)11-20/h4,7,10,14,22H,5-6,8-9,12H2,1-3H3. The lowest BCUT2D eigenvalue weighted by atomic mass is 10.1. The van der Waals surface area contributed by atoms with E-state index >= 15 is 0 Å². The molecule has 2 aromatic heterocycles. The van der Waals surface area contributed by atoms with Gasteiger partial charge in [-0.25, -0.2) is 9.78 Å². The number of piperidine rings is 1. The van der Waals surface area contributed by atoms with Gasteiger partial charge in [-0.05, 0) is 45.7 Å². The summed E-state index contributed by atoms with van der Waals surface area (Å²) in [5.41, 5.74) is 0.480. The van der Waals surface area contributed by atoms with Crippen molar-refractivity contribution in [1.29, 1.82) is 5.26 Å². The van der Waals surface area contributed by atoms with Gasteiger partial charge >= 0.3 is 6.09 Å². The van der Waals surface area contributed by atoms with Crippen LogP contribution in [-0.2, 0) is 11.3 Å². The maximum absolute atomic E-state index is 12.1. The van der Waals surface area contributed by atoms with Gasteiger partial charge in [-0.3, -0.25) is 0 Å². The minimum Gasteiger partial charge on any atom is -0.444 e. The Balaban J connectivity index is 1.48. The Morgan fingerprint density at radius 1 is 1.43 bits per heavy atom. The van der Waals surface area contributed by atoms with Crippen molar-refractivity contribution in [1.82, 2.24) is 25.3 Å². The number of hydrogen-bond acceptors (Lipinski definition) is 8. The van der Waals surface area contributed by atoms with E-state index in [1.807, 2.05) is 26.8 Å². The van der Waals surface area contributed by atoms with E-state index in [2.05, 4.69) is 20.4 Å². The van der Waals surface area contributed by atoms with Gasteiger partial charge in [0.05, 0.1) is 6.54 Å². The quantitative estimate of drug-likeness (QED) is 0.854. The van der Waals surface area contributed by atoms with Crippen LogP contribution in [-0.4, -0.2) is 50.9 Å². The van der Waals surface area contributed by atoms with Crippen LogP contribution in [0, 0.1) is 11.3 Å². The predicted octanol–water partition coefficient (Wildman–Crippen LogP) is 2.49. The van der Waals surface area contributed by atoms with E-state index < -0.39 is 5.60 Å². The average molecular weight is 384 g/mol. The molecule has 0 unspecified atom stereocenters. The van der Waals surface area contributed by atoms with Gasteiger partial charge in [-0.15, -0.1) is 0 Å². The minimum absolute atomic E-state index is 0.261. The molecule has 3 heterocycles. The first-order valence-electron chi connectivity index (χ1n) is 9.24. The fourth-order valence-electron chi connectivity index (χ4n) is 2.90. The number of likely N-dealkylation sites (tertiary alicyclic amines) is 1. The molecule has 1 amide bonds. The van der Waals surface area contributed by atoms with Gasteiger partial charge < -0.3 is 19.5 Å². The molecule has 1 aliphatic heterocycles. The Labute approximate surface area is 163 Å². The van der Waals surface area contributed by atoms with Gasteiger partial charge in [0.25, 0.3) is 5.89 Å². The van der Waals surface area contributed by atoms with Crippen LogP contribution in [0.1, 0.15) is 45.1 Å². The smallest absolute Gasteiger partial charge is 0.410 e. The number of carbonyl (C=O) groups excluding carboxylic acids is 1.